The van der Waals surface area contributed by atoms with E-state index in [1.807, 2.05) is 36.7 Å². The third-order valence-electron chi connectivity index (χ3n) is 2.82. The number of nitrogens with zero attached hydrogens (tertiary/aromatic N) is 2. The Morgan fingerprint density at radius 2 is 2.26 bits per heavy atom. The maximum atomic E-state index is 10.7. The van der Waals surface area contributed by atoms with E-state index in [0.717, 1.165) is 39.9 Å². The number of hydrogen-bond donors (Lipinski definition) is 0. The van der Waals surface area contributed by atoms with Crippen molar-refractivity contribution in [2.75, 3.05) is 0 Å². The highest BCUT2D eigenvalue weighted by molar-refractivity contribution is 7.98. The Hall–Kier alpha value is -1.26. The van der Waals surface area contributed by atoms with E-state index in [9.17, 15) is 4.79 Å². The molecule has 2 rings (SSSR count). The second-order valence-electron chi connectivity index (χ2n) is 4.14. The van der Waals surface area contributed by atoms with Gasteiger partial charge >= 0.3 is 0 Å². The lowest BCUT2D eigenvalue weighted by atomic mass is 10.2. The minimum absolute atomic E-state index is 0.691. The van der Waals surface area contributed by atoms with Crippen molar-refractivity contribution in [1.82, 2.24) is 9.78 Å². The SMILES string of the molecule is CCn1nc(C)c(Cl)c1CSc1cccc(C=O)c1. The lowest BCUT2D eigenvalue weighted by Crippen LogP contribution is -2.01. The molecule has 0 bridgehead atoms. The van der Waals surface area contributed by atoms with Gasteiger partial charge in [-0.15, -0.1) is 11.8 Å². The molecule has 1 aromatic heterocycles. The first-order chi connectivity index (χ1) is 9.15. The van der Waals surface area contributed by atoms with Crippen LogP contribution in [0.25, 0.3) is 0 Å². The number of benzene rings is 1. The quantitative estimate of drug-likeness (QED) is 0.618. The lowest BCUT2D eigenvalue weighted by molar-refractivity contribution is 0.112. The summed E-state index contributed by atoms with van der Waals surface area (Å²) in [5.74, 6) is 0.746. The number of rotatable bonds is 5. The summed E-state index contributed by atoms with van der Waals surface area (Å²) < 4.78 is 1.92. The number of carbonyl (C=O) groups is 1. The van der Waals surface area contributed by atoms with Crippen molar-refractivity contribution in [2.24, 2.45) is 0 Å². The van der Waals surface area contributed by atoms with Crippen molar-refractivity contribution in [2.45, 2.75) is 31.0 Å². The third-order valence-corrected chi connectivity index (χ3v) is 4.32. The number of thioether (sulfide) groups is 1. The largest absolute Gasteiger partial charge is 0.298 e. The monoisotopic (exact) mass is 294 g/mol. The van der Waals surface area contributed by atoms with Gasteiger partial charge in [-0.3, -0.25) is 9.48 Å². The molecule has 0 amide bonds. The summed E-state index contributed by atoms with van der Waals surface area (Å²) >= 11 is 7.92. The third kappa shape index (κ3) is 3.19. The normalized spacial score (nSPS) is 10.7. The molecule has 0 N–H and O–H groups in total. The van der Waals surface area contributed by atoms with Crippen LogP contribution in [0.3, 0.4) is 0 Å². The topological polar surface area (TPSA) is 34.9 Å². The predicted octanol–water partition coefficient (Wildman–Crippen LogP) is 3.97. The molecule has 0 radical (unpaired) electrons. The highest BCUT2D eigenvalue weighted by Crippen LogP contribution is 2.28. The minimum atomic E-state index is 0.691. The van der Waals surface area contributed by atoms with E-state index >= 15 is 0 Å². The maximum absolute atomic E-state index is 10.7. The predicted molar refractivity (Wildman–Crippen MR) is 79.0 cm³/mol. The molecule has 0 atom stereocenters. The molecule has 19 heavy (non-hydrogen) atoms. The molecule has 0 aliphatic rings. The van der Waals surface area contributed by atoms with Crippen molar-refractivity contribution in [3.63, 3.8) is 0 Å². The van der Waals surface area contributed by atoms with E-state index in [2.05, 4.69) is 5.10 Å². The van der Waals surface area contributed by atoms with E-state index in [4.69, 9.17) is 11.6 Å². The van der Waals surface area contributed by atoms with Gasteiger partial charge in [0.2, 0.25) is 0 Å². The van der Waals surface area contributed by atoms with Gasteiger partial charge in [0.1, 0.15) is 6.29 Å². The van der Waals surface area contributed by atoms with Crippen LogP contribution in [0.2, 0.25) is 5.02 Å². The van der Waals surface area contributed by atoms with Crippen LogP contribution in [0.1, 0.15) is 28.7 Å². The molecular formula is C14H15ClN2OS. The maximum Gasteiger partial charge on any atom is 0.150 e. The number of hydrogen-bond acceptors (Lipinski definition) is 3. The van der Waals surface area contributed by atoms with Gasteiger partial charge in [-0.2, -0.15) is 5.10 Å². The van der Waals surface area contributed by atoms with Gasteiger partial charge in [0.15, 0.2) is 0 Å². The molecule has 0 unspecified atom stereocenters. The van der Waals surface area contributed by atoms with Crippen LogP contribution < -0.4 is 0 Å². The molecule has 2 aromatic rings. The van der Waals surface area contributed by atoms with Crippen molar-refractivity contribution in [3.8, 4) is 0 Å². The van der Waals surface area contributed by atoms with Crippen LogP contribution in [-0.4, -0.2) is 16.1 Å². The Morgan fingerprint density at radius 3 is 2.95 bits per heavy atom. The van der Waals surface area contributed by atoms with E-state index in [1.165, 1.54) is 0 Å². The molecule has 0 saturated carbocycles. The van der Waals surface area contributed by atoms with E-state index in [1.54, 1.807) is 17.8 Å². The fourth-order valence-corrected chi connectivity index (χ4v) is 3.11. The number of halogens is 1. The molecule has 3 nitrogen and oxygen atoms in total. The van der Waals surface area contributed by atoms with Gasteiger partial charge in [0.25, 0.3) is 0 Å². The fourth-order valence-electron chi connectivity index (χ4n) is 1.84. The summed E-state index contributed by atoms with van der Waals surface area (Å²) in [6, 6.07) is 7.55. The summed E-state index contributed by atoms with van der Waals surface area (Å²) in [7, 11) is 0. The zero-order valence-corrected chi connectivity index (χ0v) is 12.5. The molecule has 5 heteroatoms. The molecule has 0 spiro atoms. The van der Waals surface area contributed by atoms with Gasteiger partial charge in [0, 0.05) is 22.8 Å². The Balaban J connectivity index is 2.16. The van der Waals surface area contributed by atoms with Gasteiger partial charge < -0.3 is 0 Å². The highest BCUT2D eigenvalue weighted by atomic mass is 35.5. The molecular weight excluding hydrogens is 280 g/mol. The Labute approximate surface area is 122 Å². The van der Waals surface area contributed by atoms with Crippen molar-refractivity contribution in [1.29, 1.82) is 0 Å². The van der Waals surface area contributed by atoms with Gasteiger partial charge in [0.05, 0.1) is 16.4 Å². The van der Waals surface area contributed by atoms with Crippen molar-refractivity contribution in [3.05, 3.63) is 46.2 Å². The first kappa shape index (κ1) is 14.2. The number of carbonyl (C=O) groups excluding carboxylic acids is 1. The minimum Gasteiger partial charge on any atom is -0.298 e. The molecule has 0 aliphatic carbocycles. The smallest absolute Gasteiger partial charge is 0.150 e. The van der Waals surface area contributed by atoms with E-state index in [-0.39, 0.29) is 0 Å². The van der Waals surface area contributed by atoms with Crippen molar-refractivity contribution >= 4 is 29.6 Å². The lowest BCUT2D eigenvalue weighted by Gasteiger charge is -2.05. The molecule has 0 fully saturated rings. The van der Waals surface area contributed by atoms with Crippen LogP contribution in [0.15, 0.2) is 29.2 Å². The Bertz CT molecular complexity index is 595. The van der Waals surface area contributed by atoms with Crippen LogP contribution in [0.5, 0.6) is 0 Å². The zero-order chi connectivity index (χ0) is 13.8. The number of aldehydes is 1. The van der Waals surface area contributed by atoms with Gasteiger partial charge in [-0.1, -0.05) is 23.7 Å². The second kappa shape index (κ2) is 6.26. The molecule has 0 saturated heterocycles. The average molecular weight is 295 g/mol. The summed E-state index contributed by atoms with van der Waals surface area (Å²) in [4.78, 5) is 11.8. The van der Waals surface area contributed by atoms with Crippen LogP contribution in [-0.2, 0) is 12.3 Å². The van der Waals surface area contributed by atoms with Gasteiger partial charge in [-0.25, -0.2) is 0 Å². The fraction of sp³-hybridized carbons (Fsp3) is 0.286. The summed E-state index contributed by atoms with van der Waals surface area (Å²) in [6.07, 6.45) is 0.859. The zero-order valence-electron chi connectivity index (χ0n) is 10.9. The molecule has 1 heterocycles. The van der Waals surface area contributed by atoms with Crippen molar-refractivity contribution < 1.29 is 4.79 Å². The molecule has 100 valence electrons. The summed E-state index contributed by atoms with van der Waals surface area (Å²) in [5, 5.41) is 5.13. The summed E-state index contributed by atoms with van der Waals surface area (Å²) in [6.45, 7) is 4.76. The van der Waals surface area contributed by atoms with E-state index < -0.39 is 0 Å². The van der Waals surface area contributed by atoms with Crippen LogP contribution in [0.4, 0.5) is 0 Å². The Morgan fingerprint density at radius 1 is 1.47 bits per heavy atom. The Kier molecular flexibility index (Phi) is 4.66. The van der Waals surface area contributed by atoms with E-state index in [0.29, 0.717) is 5.56 Å². The highest BCUT2D eigenvalue weighted by Gasteiger charge is 2.12. The van der Waals surface area contributed by atoms with Gasteiger partial charge in [-0.05, 0) is 26.0 Å². The first-order valence-corrected chi connectivity index (χ1v) is 7.42. The number of aryl methyl sites for hydroxylation is 2. The van der Waals surface area contributed by atoms with Crippen LogP contribution >= 0.6 is 23.4 Å². The average Bonchev–Trinajstić information content (AvgIpc) is 2.72. The first-order valence-electron chi connectivity index (χ1n) is 6.05. The van der Waals surface area contributed by atoms with Crippen LogP contribution in [0, 0.1) is 6.92 Å². The number of aromatic nitrogens is 2. The second-order valence-corrected chi connectivity index (χ2v) is 5.57. The standard InChI is InChI=1S/C14H15ClN2OS/c1-3-17-13(14(15)10(2)16-17)9-19-12-6-4-5-11(7-12)8-18/h4-8H,3,9H2,1-2H3. The molecule has 1 aromatic carbocycles. The molecule has 0 aliphatic heterocycles. The summed E-state index contributed by atoms with van der Waals surface area (Å²) in [5.41, 5.74) is 2.58.